The molecule has 0 aromatic heterocycles. The van der Waals surface area contributed by atoms with Crippen LogP contribution in [0.25, 0.3) is 0 Å². The Labute approximate surface area is 120 Å². The Morgan fingerprint density at radius 3 is 2.63 bits per heavy atom. The third kappa shape index (κ3) is 7.12. The van der Waals surface area contributed by atoms with Gasteiger partial charge in [0.25, 0.3) is 0 Å². The summed E-state index contributed by atoms with van der Waals surface area (Å²) >= 11 is 0. The first kappa shape index (κ1) is 16.7. The summed E-state index contributed by atoms with van der Waals surface area (Å²) in [5, 5.41) is 3.72. The van der Waals surface area contributed by atoms with Crippen LogP contribution in [0.4, 0.5) is 0 Å². The van der Waals surface area contributed by atoms with E-state index in [9.17, 15) is 0 Å². The van der Waals surface area contributed by atoms with Crippen LogP contribution >= 0.6 is 0 Å². The maximum absolute atomic E-state index is 6.02. The molecule has 0 aromatic rings. The molecule has 1 saturated carbocycles. The van der Waals surface area contributed by atoms with Gasteiger partial charge in [0, 0.05) is 12.6 Å². The monoisotopic (exact) mass is 267 g/mol. The van der Waals surface area contributed by atoms with Gasteiger partial charge in [-0.1, -0.05) is 25.8 Å². The maximum Gasteiger partial charge on any atom is 0.0755 e. The van der Waals surface area contributed by atoms with Crippen LogP contribution in [0, 0.1) is 5.92 Å². The Kier molecular flexibility index (Phi) is 9.19. The second kappa shape index (κ2) is 10.4. The third-order valence-electron chi connectivity index (χ3n) is 3.92. The van der Waals surface area contributed by atoms with Crippen molar-refractivity contribution in [3.63, 3.8) is 0 Å². The number of unbranched alkanes of at least 4 members (excludes halogenated alkanes) is 3. The highest BCUT2D eigenvalue weighted by molar-refractivity contribution is 4.90. The smallest absolute Gasteiger partial charge is 0.0755 e. The minimum absolute atomic E-state index is 0.455. The Hall–Kier alpha value is -0.340. The molecular formula is C17H33NO. The quantitative estimate of drug-likeness (QED) is 0.397. The van der Waals surface area contributed by atoms with Crippen LogP contribution in [0.2, 0.25) is 0 Å². The Morgan fingerprint density at radius 1 is 1.26 bits per heavy atom. The summed E-state index contributed by atoms with van der Waals surface area (Å²) in [6, 6.07) is 0.566. The van der Waals surface area contributed by atoms with Gasteiger partial charge in [0.2, 0.25) is 0 Å². The van der Waals surface area contributed by atoms with Crippen LogP contribution in [0.3, 0.4) is 0 Å². The second-order valence-corrected chi connectivity index (χ2v) is 5.74. The first-order chi connectivity index (χ1) is 9.33. The Bertz CT molecular complexity index is 225. The highest BCUT2D eigenvalue weighted by Gasteiger charge is 2.36. The molecule has 1 fully saturated rings. The van der Waals surface area contributed by atoms with E-state index in [2.05, 4.69) is 25.7 Å². The molecule has 0 bridgehead atoms. The summed E-state index contributed by atoms with van der Waals surface area (Å²) < 4.78 is 6.02. The second-order valence-electron chi connectivity index (χ2n) is 5.74. The minimum Gasteiger partial charge on any atom is -0.377 e. The van der Waals surface area contributed by atoms with E-state index in [1.807, 2.05) is 6.08 Å². The van der Waals surface area contributed by atoms with E-state index in [4.69, 9.17) is 4.74 Å². The summed E-state index contributed by atoms with van der Waals surface area (Å²) in [5.41, 5.74) is 0. The van der Waals surface area contributed by atoms with E-state index in [-0.39, 0.29) is 0 Å². The fraction of sp³-hybridized carbons (Fsp3) is 0.882. The van der Waals surface area contributed by atoms with Crippen LogP contribution in [-0.2, 0) is 4.74 Å². The number of ether oxygens (including phenoxy) is 1. The Balaban J connectivity index is 2.32. The molecule has 2 unspecified atom stereocenters. The fourth-order valence-electron chi connectivity index (χ4n) is 2.74. The van der Waals surface area contributed by atoms with Gasteiger partial charge in [0.05, 0.1) is 6.10 Å². The molecule has 0 saturated heterocycles. The van der Waals surface area contributed by atoms with Crippen molar-refractivity contribution in [3.8, 4) is 0 Å². The van der Waals surface area contributed by atoms with Crippen LogP contribution < -0.4 is 5.32 Å². The zero-order valence-electron chi connectivity index (χ0n) is 13.0. The Morgan fingerprint density at radius 2 is 2.05 bits per heavy atom. The molecule has 0 heterocycles. The summed E-state index contributed by atoms with van der Waals surface area (Å²) in [5.74, 6) is 0.822. The highest BCUT2D eigenvalue weighted by Crippen LogP contribution is 2.36. The predicted octanol–water partition coefficient (Wildman–Crippen LogP) is 4.31. The molecule has 2 heteroatoms. The molecule has 0 amide bonds. The zero-order valence-corrected chi connectivity index (χ0v) is 13.0. The van der Waals surface area contributed by atoms with Crippen molar-refractivity contribution < 1.29 is 4.74 Å². The molecule has 0 aliphatic heterocycles. The SMILES string of the molecule is C=CCCCCCC(NCCC)C(OCC)C1CC1. The van der Waals surface area contributed by atoms with Gasteiger partial charge in [0.15, 0.2) is 0 Å². The average molecular weight is 267 g/mol. The fourth-order valence-corrected chi connectivity index (χ4v) is 2.74. The molecule has 0 aromatic carbocycles. The van der Waals surface area contributed by atoms with Crippen molar-refractivity contribution in [2.24, 2.45) is 5.92 Å². The number of nitrogens with one attached hydrogen (secondary N) is 1. The van der Waals surface area contributed by atoms with Crippen molar-refractivity contribution in [2.45, 2.75) is 77.4 Å². The van der Waals surface area contributed by atoms with Gasteiger partial charge in [-0.25, -0.2) is 0 Å². The van der Waals surface area contributed by atoms with Gasteiger partial charge in [-0.05, 0) is 57.9 Å². The molecule has 0 radical (unpaired) electrons. The van der Waals surface area contributed by atoms with Gasteiger partial charge in [-0.2, -0.15) is 0 Å². The molecule has 1 rings (SSSR count). The lowest BCUT2D eigenvalue weighted by Gasteiger charge is -2.28. The summed E-state index contributed by atoms with van der Waals surface area (Å²) in [4.78, 5) is 0. The predicted molar refractivity (Wildman–Crippen MR) is 83.5 cm³/mol. The van der Waals surface area contributed by atoms with Gasteiger partial charge in [0.1, 0.15) is 0 Å². The van der Waals surface area contributed by atoms with Crippen LogP contribution in [0.15, 0.2) is 12.7 Å². The third-order valence-corrected chi connectivity index (χ3v) is 3.92. The van der Waals surface area contributed by atoms with Crippen LogP contribution in [-0.4, -0.2) is 25.3 Å². The molecule has 1 aliphatic carbocycles. The first-order valence-electron chi connectivity index (χ1n) is 8.29. The van der Waals surface area contributed by atoms with E-state index in [0.29, 0.717) is 12.1 Å². The average Bonchev–Trinajstić information content (AvgIpc) is 3.24. The zero-order chi connectivity index (χ0) is 13.9. The van der Waals surface area contributed by atoms with Crippen molar-refractivity contribution in [1.82, 2.24) is 5.32 Å². The van der Waals surface area contributed by atoms with Gasteiger partial charge in [-0.15, -0.1) is 6.58 Å². The van der Waals surface area contributed by atoms with Crippen molar-refractivity contribution in [2.75, 3.05) is 13.2 Å². The van der Waals surface area contributed by atoms with E-state index >= 15 is 0 Å². The normalized spacial score (nSPS) is 18.2. The number of hydrogen-bond donors (Lipinski definition) is 1. The van der Waals surface area contributed by atoms with Gasteiger partial charge < -0.3 is 10.1 Å². The topological polar surface area (TPSA) is 21.3 Å². The van der Waals surface area contributed by atoms with E-state index in [1.165, 1.54) is 44.9 Å². The van der Waals surface area contributed by atoms with Crippen molar-refractivity contribution in [3.05, 3.63) is 12.7 Å². The van der Waals surface area contributed by atoms with Crippen LogP contribution in [0.5, 0.6) is 0 Å². The summed E-state index contributed by atoms with van der Waals surface area (Å²) in [7, 11) is 0. The van der Waals surface area contributed by atoms with E-state index in [0.717, 1.165) is 25.5 Å². The summed E-state index contributed by atoms with van der Waals surface area (Å²) in [6.07, 6.45) is 12.8. The molecule has 2 atom stereocenters. The minimum atomic E-state index is 0.455. The number of hydrogen-bond acceptors (Lipinski definition) is 2. The molecule has 2 nitrogen and oxygen atoms in total. The van der Waals surface area contributed by atoms with E-state index in [1.54, 1.807) is 0 Å². The lowest BCUT2D eigenvalue weighted by atomic mass is 9.99. The molecule has 1 aliphatic rings. The number of rotatable bonds is 13. The molecular weight excluding hydrogens is 234 g/mol. The molecule has 112 valence electrons. The number of allylic oxidation sites excluding steroid dienone is 1. The maximum atomic E-state index is 6.02. The first-order valence-corrected chi connectivity index (χ1v) is 8.29. The molecule has 0 spiro atoms. The van der Waals surface area contributed by atoms with E-state index < -0.39 is 0 Å². The van der Waals surface area contributed by atoms with Gasteiger partial charge in [-0.3, -0.25) is 0 Å². The standard InChI is InChI=1S/C17H33NO/c1-4-7-8-9-10-11-16(18-14-5-2)17(19-6-3)15-12-13-15/h4,15-18H,1,5-14H2,2-3H3. The van der Waals surface area contributed by atoms with Crippen LogP contribution in [0.1, 0.15) is 65.2 Å². The van der Waals surface area contributed by atoms with Crippen molar-refractivity contribution >= 4 is 0 Å². The lowest BCUT2D eigenvalue weighted by molar-refractivity contribution is 0.0164. The largest absolute Gasteiger partial charge is 0.377 e. The molecule has 19 heavy (non-hydrogen) atoms. The summed E-state index contributed by atoms with van der Waals surface area (Å²) in [6.45, 7) is 10.1. The lowest BCUT2D eigenvalue weighted by Crippen LogP contribution is -2.43. The highest BCUT2D eigenvalue weighted by atomic mass is 16.5. The molecule has 1 N–H and O–H groups in total. The van der Waals surface area contributed by atoms with Crippen molar-refractivity contribution in [1.29, 1.82) is 0 Å². The van der Waals surface area contributed by atoms with Gasteiger partial charge >= 0.3 is 0 Å².